The molecule has 0 aliphatic rings. The van der Waals surface area contributed by atoms with E-state index in [2.05, 4.69) is 10.2 Å². The molecular formula is C6H3F3N4O. The molecule has 0 spiro atoms. The lowest BCUT2D eigenvalue weighted by atomic mass is 10.5. The van der Waals surface area contributed by atoms with Crippen molar-refractivity contribution in [3.05, 3.63) is 29.6 Å². The van der Waals surface area contributed by atoms with Gasteiger partial charge < -0.3 is 5.21 Å². The lowest BCUT2D eigenvalue weighted by Crippen LogP contribution is -2.25. The van der Waals surface area contributed by atoms with Gasteiger partial charge >= 0.3 is 6.18 Å². The van der Waals surface area contributed by atoms with E-state index in [1.165, 1.54) is 0 Å². The second-order valence-electron chi connectivity index (χ2n) is 2.54. The Hall–Kier alpha value is -1.86. The largest absolute Gasteiger partial charge is 0.619 e. The second kappa shape index (κ2) is 2.56. The van der Waals surface area contributed by atoms with Crippen LogP contribution >= 0.6 is 0 Å². The van der Waals surface area contributed by atoms with Crippen LogP contribution in [0.4, 0.5) is 13.2 Å². The zero-order valence-electron chi connectivity index (χ0n) is 6.56. The maximum atomic E-state index is 12.2. The number of hydrogen-bond donors (Lipinski definition) is 0. The minimum Gasteiger partial charge on any atom is -0.619 e. The zero-order chi connectivity index (χ0) is 10.3. The predicted molar refractivity (Wildman–Crippen MR) is 36.9 cm³/mol. The molecule has 0 saturated carbocycles. The van der Waals surface area contributed by atoms with Gasteiger partial charge in [-0.05, 0) is 0 Å². The molecule has 0 aromatic carbocycles. The summed E-state index contributed by atoms with van der Waals surface area (Å²) < 4.78 is 37.8. The summed E-state index contributed by atoms with van der Waals surface area (Å²) >= 11 is 0. The molecule has 5 nitrogen and oxygen atoms in total. The molecular weight excluding hydrogens is 201 g/mol. The maximum absolute atomic E-state index is 12.2. The van der Waals surface area contributed by atoms with Crippen molar-refractivity contribution < 1.29 is 17.9 Å². The van der Waals surface area contributed by atoms with Crippen molar-refractivity contribution in [2.75, 3.05) is 0 Å². The van der Waals surface area contributed by atoms with Crippen molar-refractivity contribution in [2.24, 2.45) is 0 Å². The van der Waals surface area contributed by atoms with Crippen molar-refractivity contribution in [1.29, 1.82) is 0 Å². The van der Waals surface area contributed by atoms with Gasteiger partial charge in [0.2, 0.25) is 17.7 Å². The second-order valence-corrected chi connectivity index (χ2v) is 2.54. The molecule has 0 unspecified atom stereocenters. The first kappa shape index (κ1) is 8.73. The summed E-state index contributed by atoms with van der Waals surface area (Å²) in [5, 5.41) is 16.9. The van der Waals surface area contributed by atoms with Crippen LogP contribution in [-0.2, 0) is 6.18 Å². The van der Waals surface area contributed by atoms with Crippen LogP contribution < -0.4 is 4.73 Å². The normalized spacial score (nSPS) is 12.2. The Morgan fingerprint density at radius 1 is 1.36 bits per heavy atom. The molecule has 0 aliphatic carbocycles. The number of halogens is 3. The Bertz CT molecular complexity index is 477. The van der Waals surface area contributed by atoms with Crippen LogP contribution in [0.3, 0.4) is 0 Å². The first-order valence-electron chi connectivity index (χ1n) is 3.49. The third-order valence-electron chi connectivity index (χ3n) is 1.58. The maximum Gasteiger partial charge on any atom is 0.452 e. The summed E-state index contributed by atoms with van der Waals surface area (Å²) in [6.07, 6.45) is -1.77. The molecule has 2 rings (SSSR count). The van der Waals surface area contributed by atoms with Gasteiger partial charge in [-0.1, -0.05) is 0 Å². The van der Waals surface area contributed by atoms with Crippen molar-refractivity contribution in [3.63, 3.8) is 0 Å². The Balaban J connectivity index is 2.70. The van der Waals surface area contributed by atoms with Gasteiger partial charge in [0.25, 0.3) is 0 Å². The van der Waals surface area contributed by atoms with E-state index in [1.54, 1.807) is 0 Å². The number of nitrogens with zero attached hydrogens (tertiary/aromatic N) is 4. The van der Waals surface area contributed by atoms with E-state index in [-0.39, 0.29) is 5.65 Å². The van der Waals surface area contributed by atoms with Crippen molar-refractivity contribution in [1.82, 2.24) is 14.6 Å². The SMILES string of the molecule is [O-][n+]1ccn2c(C(F)(F)F)nnc2c1. The van der Waals surface area contributed by atoms with E-state index in [4.69, 9.17) is 0 Å². The lowest BCUT2D eigenvalue weighted by molar-refractivity contribution is -0.604. The molecule has 2 aromatic rings. The highest BCUT2D eigenvalue weighted by Gasteiger charge is 2.37. The minimum atomic E-state index is -4.57. The molecule has 2 aromatic heterocycles. The number of alkyl halides is 3. The van der Waals surface area contributed by atoms with Crippen LogP contribution in [0.5, 0.6) is 0 Å². The Kier molecular flexibility index (Phi) is 1.60. The Labute approximate surface area is 75.0 Å². The van der Waals surface area contributed by atoms with E-state index in [9.17, 15) is 18.4 Å². The fourth-order valence-corrected chi connectivity index (χ4v) is 1.02. The highest BCUT2D eigenvalue weighted by atomic mass is 19.4. The van der Waals surface area contributed by atoms with E-state index >= 15 is 0 Å². The van der Waals surface area contributed by atoms with E-state index in [0.29, 0.717) is 9.13 Å². The molecule has 14 heavy (non-hydrogen) atoms. The summed E-state index contributed by atoms with van der Waals surface area (Å²) in [4.78, 5) is 0. The summed E-state index contributed by atoms with van der Waals surface area (Å²) in [5.41, 5.74) is -0.144. The summed E-state index contributed by atoms with van der Waals surface area (Å²) in [5.74, 6) is -1.15. The average molecular weight is 204 g/mol. The Morgan fingerprint density at radius 2 is 2.07 bits per heavy atom. The molecule has 0 N–H and O–H groups in total. The van der Waals surface area contributed by atoms with Crippen molar-refractivity contribution in [2.45, 2.75) is 6.18 Å². The minimum absolute atomic E-state index is 0.144. The highest BCUT2D eigenvalue weighted by molar-refractivity contribution is 5.32. The van der Waals surface area contributed by atoms with Gasteiger partial charge in [0.15, 0.2) is 6.20 Å². The molecule has 0 amide bonds. The van der Waals surface area contributed by atoms with Crippen LogP contribution in [0.1, 0.15) is 5.82 Å². The lowest BCUT2D eigenvalue weighted by Gasteiger charge is -2.02. The van der Waals surface area contributed by atoms with Crippen LogP contribution in [0, 0.1) is 5.21 Å². The molecule has 8 heteroatoms. The molecule has 2 heterocycles. The first-order valence-corrected chi connectivity index (χ1v) is 3.49. The first-order chi connectivity index (χ1) is 6.48. The fraction of sp³-hybridized carbons (Fsp3) is 0.167. The number of hydrogen-bond acceptors (Lipinski definition) is 3. The zero-order valence-corrected chi connectivity index (χ0v) is 6.56. The van der Waals surface area contributed by atoms with Crippen LogP contribution in [-0.4, -0.2) is 14.6 Å². The molecule has 0 bridgehead atoms. The molecule has 0 saturated heterocycles. The van der Waals surface area contributed by atoms with Crippen molar-refractivity contribution in [3.8, 4) is 0 Å². The van der Waals surface area contributed by atoms with Gasteiger partial charge in [-0.25, -0.2) is 0 Å². The number of fused-ring (bicyclic) bond motifs is 1. The molecule has 0 fully saturated rings. The molecule has 74 valence electrons. The van der Waals surface area contributed by atoms with E-state index in [0.717, 1.165) is 18.6 Å². The number of aromatic nitrogens is 4. The van der Waals surface area contributed by atoms with Gasteiger partial charge in [0, 0.05) is 0 Å². The topological polar surface area (TPSA) is 57.1 Å². The number of rotatable bonds is 0. The van der Waals surface area contributed by atoms with Gasteiger partial charge in [0.05, 0.1) is 6.20 Å². The van der Waals surface area contributed by atoms with Gasteiger partial charge in [-0.2, -0.15) is 17.9 Å². The Morgan fingerprint density at radius 3 is 2.71 bits per heavy atom. The quantitative estimate of drug-likeness (QED) is 0.460. The molecule has 0 atom stereocenters. The van der Waals surface area contributed by atoms with Crippen LogP contribution in [0.2, 0.25) is 0 Å². The van der Waals surface area contributed by atoms with Crippen molar-refractivity contribution >= 4 is 5.65 Å². The summed E-state index contributed by atoms with van der Waals surface area (Å²) in [6, 6.07) is 0. The predicted octanol–water partition coefficient (Wildman–Crippen LogP) is 0.382. The third-order valence-corrected chi connectivity index (χ3v) is 1.58. The van der Waals surface area contributed by atoms with E-state index < -0.39 is 12.0 Å². The van der Waals surface area contributed by atoms with Crippen LogP contribution in [0.15, 0.2) is 18.6 Å². The van der Waals surface area contributed by atoms with Gasteiger partial charge in [-0.3, -0.25) is 4.40 Å². The third kappa shape index (κ3) is 1.24. The summed E-state index contributed by atoms with van der Waals surface area (Å²) in [7, 11) is 0. The van der Waals surface area contributed by atoms with E-state index in [1.807, 2.05) is 0 Å². The molecule has 0 aliphatic heterocycles. The smallest absolute Gasteiger partial charge is 0.452 e. The molecule has 0 radical (unpaired) electrons. The van der Waals surface area contributed by atoms with Gasteiger partial charge in [-0.15, -0.1) is 10.2 Å². The van der Waals surface area contributed by atoms with Crippen LogP contribution in [0.25, 0.3) is 5.65 Å². The standard InChI is InChI=1S/C6H3F3N4O/c7-6(8,9)5-11-10-4-3-12(14)1-2-13(4)5/h1-3H. The monoisotopic (exact) mass is 204 g/mol. The summed E-state index contributed by atoms with van der Waals surface area (Å²) in [6.45, 7) is 0. The fourth-order valence-electron chi connectivity index (χ4n) is 1.02. The highest BCUT2D eigenvalue weighted by Crippen LogP contribution is 2.27. The average Bonchev–Trinajstić information content (AvgIpc) is 2.45. The van der Waals surface area contributed by atoms with Gasteiger partial charge in [0.1, 0.15) is 0 Å².